The maximum atomic E-state index is 5.11. The molecule has 0 N–H and O–H groups in total. The topological polar surface area (TPSA) is 48.2 Å². The Bertz CT molecular complexity index is 590. The fourth-order valence-corrected chi connectivity index (χ4v) is 1.72. The van der Waals surface area contributed by atoms with Crippen molar-refractivity contribution in [2.75, 3.05) is 7.11 Å². The average Bonchev–Trinajstić information content (AvgIpc) is 3.08. The molecule has 0 atom stereocenters. The Morgan fingerprint density at radius 3 is 1.75 bits per heavy atom. The summed E-state index contributed by atoms with van der Waals surface area (Å²) in [5.74, 6) is 0.879. The van der Waals surface area contributed by atoms with Crippen molar-refractivity contribution in [1.29, 1.82) is 0 Å². The van der Waals surface area contributed by atoms with Gasteiger partial charge in [0.05, 0.1) is 7.11 Å². The van der Waals surface area contributed by atoms with Gasteiger partial charge in [0.2, 0.25) is 12.8 Å². The van der Waals surface area contributed by atoms with Gasteiger partial charge in [0.1, 0.15) is 5.75 Å². The Hall–Kier alpha value is -2.27. The summed E-state index contributed by atoms with van der Waals surface area (Å²) in [6.07, 6.45) is 2.53. The maximum Gasteiger partial charge on any atom is 0.203 e. The van der Waals surface area contributed by atoms with Crippen LogP contribution in [0.15, 0.2) is 70.6 Å². The zero-order chi connectivity index (χ0) is 14.2. The second-order valence-corrected chi connectivity index (χ2v) is 4.37. The predicted octanol–water partition coefficient (Wildman–Crippen LogP) is 3.72. The lowest BCUT2D eigenvalue weighted by Crippen LogP contribution is -1.82. The molecule has 4 nitrogen and oxygen atoms in total. The van der Waals surface area contributed by atoms with Crippen molar-refractivity contribution >= 4 is 12.6 Å². The number of thiol groups is 1. The number of ether oxygens (including phenoxy) is 1. The SMILES string of the molecule is COc1ccc(-c2ccc(S)cc2)cc1.c1nnco1. The van der Waals surface area contributed by atoms with E-state index in [0.717, 1.165) is 10.6 Å². The minimum Gasteiger partial charge on any atom is -0.497 e. The smallest absolute Gasteiger partial charge is 0.203 e. The lowest BCUT2D eigenvalue weighted by Gasteiger charge is -2.03. The Morgan fingerprint density at radius 2 is 1.35 bits per heavy atom. The number of hydrogen-bond donors (Lipinski definition) is 1. The van der Waals surface area contributed by atoms with E-state index in [1.54, 1.807) is 7.11 Å². The van der Waals surface area contributed by atoms with Crippen LogP contribution in [0.3, 0.4) is 0 Å². The molecule has 102 valence electrons. The molecular weight excluding hydrogens is 272 g/mol. The molecular formula is C15H14N2O2S. The Kier molecular flexibility index (Phi) is 5.20. The highest BCUT2D eigenvalue weighted by atomic mass is 32.1. The maximum absolute atomic E-state index is 5.11. The Morgan fingerprint density at radius 1 is 0.850 bits per heavy atom. The van der Waals surface area contributed by atoms with E-state index in [4.69, 9.17) is 4.74 Å². The highest BCUT2D eigenvalue weighted by Gasteiger charge is 1.97. The summed E-state index contributed by atoms with van der Waals surface area (Å²) < 4.78 is 9.47. The van der Waals surface area contributed by atoms with Gasteiger partial charge < -0.3 is 9.15 Å². The molecule has 3 rings (SSSR count). The fourth-order valence-electron chi connectivity index (χ4n) is 1.57. The van der Waals surface area contributed by atoms with Crippen molar-refractivity contribution in [1.82, 2.24) is 10.2 Å². The van der Waals surface area contributed by atoms with Crippen LogP contribution in [-0.2, 0) is 0 Å². The van der Waals surface area contributed by atoms with Crippen LogP contribution in [0.2, 0.25) is 0 Å². The molecule has 0 amide bonds. The number of benzene rings is 2. The third-order valence-electron chi connectivity index (χ3n) is 2.57. The fraction of sp³-hybridized carbons (Fsp3) is 0.0667. The van der Waals surface area contributed by atoms with Gasteiger partial charge in [0, 0.05) is 4.90 Å². The summed E-state index contributed by atoms with van der Waals surface area (Å²) in [5.41, 5.74) is 2.37. The van der Waals surface area contributed by atoms with Gasteiger partial charge in [-0.3, -0.25) is 0 Å². The summed E-state index contributed by atoms with van der Waals surface area (Å²) in [6.45, 7) is 0. The van der Waals surface area contributed by atoms with Gasteiger partial charge in [-0.2, -0.15) is 0 Å². The summed E-state index contributed by atoms with van der Waals surface area (Å²) >= 11 is 4.26. The Balaban J connectivity index is 0.000000247. The van der Waals surface area contributed by atoms with E-state index in [0.29, 0.717) is 0 Å². The molecule has 20 heavy (non-hydrogen) atoms. The van der Waals surface area contributed by atoms with Crippen LogP contribution in [0.1, 0.15) is 0 Å². The zero-order valence-electron chi connectivity index (χ0n) is 10.9. The van der Waals surface area contributed by atoms with E-state index in [2.05, 4.69) is 39.4 Å². The van der Waals surface area contributed by atoms with Crippen molar-refractivity contribution in [2.45, 2.75) is 4.90 Å². The van der Waals surface area contributed by atoms with E-state index in [1.807, 2.05) is 36.4 Å². The third-order valence-corrected chi connectivity index (χ3v) is 2.87. The van der Waals surface area contributed by atoms with Crippen molar-refractivity contribution in [3.63, 3.8) is 0 Å². The first-order chi connectivity index (χ1) is 9.79. The van der Waals surface area contributed by atoms with Crippen LogP contribution in [-0.4, -0.2) is 17.3 Å². The minimum absolute atomic E-state index is 0.879. The van der Waals surface area contributed by atoms with Gasteiger partial charge >= 0.3 is 0 Å². The molecule has 0 saturated carbocycles. The van der Waals surface area contributed by atoms with E-state index in [1.165, 1.54) is 23.9 Å². The molecule has 3 aromatic rings. The summed E-state index contributed by atoms with van der Waals surface area (Å²) in [6, 6.07) is 16.1. The van der Waals surface area contributed by atoms with Gasteiger partial charge in [0.25, 0.3) is 0 Å². The van der Waals surface area contributed by atoms with Gasteiger partial charge in [0.15, 0.2) is 0 Å². The van der Waals surface area contributed by atoms with Gasteiger partial charge in [-0.15, -0.1) is 22.8 Å². The molecule has 0 bridgehead atoms. The summed E-state index contributed by atoms with van der Waals surface area (Å²) in [4.78, 5) is 0.979. The molecule has 1 aromatic heterocycles. The zero-order valence-corrected chi connectivity index (χ0v) is 11.8. The lowest BCUT2D eigenvalue weighted by atomic mass is 10.1. The largest absolute Gasteiger partial charge is 0.497 e. The van der Waals surface area contributed by atoms with E-state index >= 15 is 0 Å². The van der Waals surface area contributed by atoms with Gasteiger partial charge in [-0.1, -0.05) is 24.3 Å². The average molecular weight is 286 g/mol. The lowest BCUT2D eigenvalue weighted by molar-refractivity contribution is 0.415. The van der Waals surface area contributed by atoms with E-state index in [9.17, 15) is 0 Å². The standard InChI is InChI=1S/C13H12OS.C2H2N2O/c1-14-12-6-2-10(3-7-12)11-4-8-13(15)9-5-11;1-3-4-2-5-1/h2-9,15H,1H3;1-2H. The van der Waals surface area contributed by atoms with Crippen molar-refractivity contribution in [2.24, 2.45) is 0 Å². The molecule has 0 fully saturated rings. The second kappa shape index (κ2) is 7.35. The van der Waals surface area contributed by atoms with Crippen LogP contribution >= 0.6 is 12.6 Å². The monoisotopic (exact) mass is 286 g/mol. The number of hydrogen-bond acceptors (Lipinski definition) is 5. The molecule has 0 saturated heterocycles. The Labute approximate surface area is 122 Å². The second-order valence-electron chi connectivity index (χ2n) is 3.85. The highest BCUT2D eigenvalue weighted by Crippen LogP contribution is 2.23. The van der Waals surface area contributed by atoms with Crippen LogP contribution in [0.4, 0.5) is 0 Å². The molecule has 0 unspecified atom stereocenters. The van der Waals surface area contributed by atoms with Gasteiger partial charge in [-0.05, 0) is 35.4 Å². The quantitative estimate of drug-likeness (QED) is 0.729. The molecule has 0 aliphatic rings. The molecule has 2 aromatic carbocycles. The summed E-state index contributed by atoms with van der Waals surface area (Å²) in [7, 11) is 1.67. The number of methoxy groups -OCH3 is 1. The highest BCUT2D eigenvalue weighted by molar-refractivity contribution is 7.80. The normalized spacial score (nSPS) is 9.50. The van der Waals surface area contributed by atoms with Crippen LogP contribution < -0.4 is 4.74 Å². The van der Waals surface area contributed by atoms with E-state index < -0.39 is 0 Å². The van der Waals surface area contributed by atoms with Crippen LogP contribution in [0.25, 0.3) is 11.1 Å². The van der Waals surface area contributed by atoms with Crippen LogP contribution in [0.5, 0.6) is 5.75 Å². The predicted molar refractivity (Wildman–Crippen MR) is 80.0 cm³/mol. The molecule has 0 spiro atoms. The van der Waals surface area contributed by atoms with Gasteiger partial charge in [-0.25, -0.2) is 0 Å². The van der Waals surface area contributed by atoms with Crippen molar-refractivity contribution in [3.8, 4) is 16.9 Å². The molecule has 5 heteroatoms. The molecule has 0 radical (unpaired) electrons. The third kappa shape index (κ3) is 4.13. The van der Waals surface area contributed by atoms with Crippen LogP contribution in [0, 0.1) is 0 Å². The molecule has 0 aliphatic heterocycles. The van der Waals surface area contributed by atoms with E-state index in [-0.39, 0.29) is 0 Å². The number of aromatic nitrogens is 2. The first kappa shape index (κ1) is 14.1. The first-order valence-corrected chi connectivity index (χ1v) is 6.36. The number of rotatable bonds is 2. The first-order valence-electron chi connectivity index (χ1n) is 5.92. The minimum atomic E-state index is 0.879. The molecule has 0 aliphatic carbocycles. The van der Waals surface area contributed by atoms with Crippen molar-refractivity contribution in [3.05, 3.63) is 61.3 Å². The summed E-state index contributed by atoms with van der Waals surface area (Å²) in [5, 5.41) is 6.61. The van der Waals surface area contributed by atoms with Crippen molar-refractivity contribution < 1.29 is 9.15 Å². The number of nitrogens with zero attached hydrogens (tertiary/aromatic N) is 2. The molecule has 1 heterocycles.